The van der Waals surface area contributed by atoms with E-state index in [-0.39, 0.29) is 11.0 Å². The molecular weight excluding hydrogens is 312 g/mol. The van der Waals surface area contributed by atoms with Crippen LogP contribution in [-0.2, 0) is 12.0 Å². The fraction of sp³-hybridized carbons (Fsp3) is 0.400. The maximum atomic E-state index is 12.6. The van der Waals surface area contributed by atoms with E-state index in [0.29, 0.717) is 12.6 Å². The third-order valence-corrected chi connectivity index (χ3v) is 4.18. The Morgan fingerprint density at radius 2 is 1.88 bits per heavy atom. The molecule has 0 saturated carbocycles. The molecule has 2 aromatic heterocycles. The second kappa shape index (κ2) is 6.48. The van der Waals surface area contributed by atoms with Gasteiger partial charge in [0, 0.05) is 29.0 Å². The number of pyridine rings is 1. The molecule has 0 aliphatic heterocycles. The van der Waals surface area contributed by atoms with E-state index < -0.39 is 0 Å². The van der Waals surface area contributed by atoms with Crippen LogP contribution in [0.15, 0.2) is 41.2 Å². The van der Waals surface area contributed by atoms with Crippen LogP contribution in [0.25, 0.3) is 16.7 Å². The Balaban J connectivity index is 2.23. The first-order chi connectivity index (χ1) is 11.8. The fourth-order valence-electron chi connectivity index (χ4n) is 2.87. The van der Waals surface area contributed by atoms with Gasteiger partial charge < -0.3 is 10.3 Å². The minimum Gasteiger partial charge on any atom is -0.310 e. The lowest BCUT2D eigenvalue weighted by Crippen LogP contribution is -2.26. The topological polar surface area (TPSA) is 62.7 Å². The van der Waals surface area contributed by atoms with E-state index in [4.69, 9.17) is 5.10 Å². The molecule has 2 N–H and O–H groups in total. The highest BCUT2D eigenvalue weighted by atomic mass is 16.1. The second-order valence-corrected chi connectivity index (χ2v) is 7.77. The van der Waals surface area contributed by atoms with Crippen molar-refractivity contribution in [3.8, 4) is 5.69 Å². The molecule has 0 aliphatic rings. The van der Waals surface area contributed by atoms with E-state index in [1.165, 1.54) is 0 Å². The summed E-state index contributed by atoms with van der Waals surface area (Å²) in [5.41, 5.74) is 3.20. The molecule has 2 heterocycles. The van der Waals surface area contributed by atoms with Crippen LogP contribution in [0.3, 0.4) is 0 Å². The first kappa shape index (κ1) is 17.4. The number of para-hydroxylation sites is 1. The molecule has 132 valence electrons. The SMILES string of the molecule is CC(C)NCc1cc2c(C(C)(C)C)nn(-c3ccccc3)c2[nH]c1=O. The van der Waals surface area contributed by atoms with Crippen LogP contribution in [0.2, 0.25) is 0 Å². The monoisotopic (exact) mass is 338 g/mol. The minimum atomic E-state index is -0.126. The molecule has 0 fully saturated rings. The zero-order valence-electron chi connectivity index (χ0n) is 15.6. The summed E-state index contributed by atoms with van der Waals surface area (Å²) in [4.78, 5) is 15.6. The van der Waals surface area contributed by atoms with Gasteiger partial charge in [0.2, 0.25) is 0 Å². The van der Waals surface area contributed by atoms with Crippen LogP contribution in [0, 0.1) is 0 Å². The van der Waals surface area contributed by atoms with Gasteiger partial charge in [0.05, 0.1) is 11.4 Å². The molecule has 0 amide bonds. The zero-order valence-corrected chi connectivity index (χ0v) is 15.6. The molecule has 0 bridgehead atoms. The van der Waals surface area contributed by atoms with Crippen LogP contribution < -0.4 is 10.9 Å². The van der Waals surface area contributed by atoms with E-state index in [1.807, 2.05) is 41.1 Å². The van der Waals surface area contributed by atoms with E-state index in [2.05, 4.69) is 44.9 Å². The van der Waals surface area contributed by atoms with Gasteiger partial charge in [-0.05, 0) is 18.2 Å². The number of aromatic nitrogens is 3. The minimum absolute atomic E-state index is 0.0711. The smallest absolute Gasteiger partial charge is 0.254 e. The van der Waals surface area contributed by atoms with Gasteiger partial charge in [-0.15, -0.1) is 0 Å². The van der Waals surface area contributed by atoms with E-state index in [9.17, 15) is 4.79 Å². The number of H-pyrrole nitrogens is 1. The number of hydrogen-bond donors (Lipinski definition) is 2. The number of benzene rings is 1. The third kappa shape index (κ3) is 3.51. The predicted molar refractivity (Wildman–Crippen MR) is 102 cm³/mol. The first-order valence-electron chi connectivity index (χ1n) is 8.71. The zero-order chi connectivity index (χ0) is 18.2. The number of nitrogens with one attached hydrogen (secondary N) is 2. The van der Waals surface area contributed by atoms with Crippen LogP contribution in [0.4, 0.5) is 0 Å². The van der Waals surface area contributed by atoms with Crippen molar-refractivity contribution in [2.75, 3.05) is 0 Å². The summed E-state index contributed by atoms with van der Waals surface area (Å²) in [6.07, 6.45) is 0. The molecule has 0 atom stereocenters. The van der Waals surface area contributed by atoms with Crippen LogP contribution in [0.1, 0.15) is 45.9 Å². The summed E-state index contributed by atoms with van der Waals surface area (Å²) in [6.45, 7) is 11.1. The van der Waals surface area contributed by atoms with Gasteiger partial charge in [-0.3, -0.25) is 4.79 Å². The van der Waals surface area contributed by atoms with Crippen LogP contribution >= 0.6 is 0 Å². The van der Waals surface area contributed by atoms with Crippen molar-refractivity contribution in [3.63, 3.8) is 0 Å². The van der Waals surface area contributed by atoms with Gasteiger partial charge in [-0.2, -0.15) is 5.10 Å². The molecule has 0 saturated heterocycles. The van der Waals surface area contributed by atoms with E-state index >= 15 is 0 Å². The molecular formula is C20H26N4O. The Bertz CT molecular complexity index is 930. The van der Waals surface area contributed by atoms with Crippen molar-refractivity contribution in [1.82, 2.24) is 20.1 Å². The van der Waals surface area contributed by atoms with Gasteiger partial charge >= 0.3 is 0 Å². The van der Waals surface area contributed by atoms with Gasteiger partial charge in [0.15, 0.2) is 0 Å². The van der Waals surface area contributed by atoms with E-state index in [0.717, 1.165) is 28.0 Å². The number of rotatable bonds is 4. The second-order valence-electron chi connectivity index (χ2n) is 7.77. The fourth-order valence-corrected chi connectivity index (χ4v) is 2.87. The molecule has 3 rings (SSSR count). The molecule has 0 spiro atoms. The molecule has 5 nitrogen and oxygen atoms in total. The number of fused-ring (bicyclic) bond motifs is 1. The van der Waals surface area contributed by atoms with Crippen LogP contribution in [-0.4, -0.2) is 20.8 Å². The van der Waals surface area contributed by atoms with Gasteiger partial charge in [0.1, 0.15) is 5.65 Å². The van der Waals surface area contributed by atoms with Gasteiger partial charge in [-0.25, -0.2) is 4.68 Å². The molecule has 3 aromatic rings. The van der Waals surface area contributed by atoms with Crippen molar-refractivity contribution in [2.24, 2.45) is 0 Å². The standard InChI is InChI=1S/C20H26N4O/c1-13(2)21-12-14-11-16-17(20(3,4)5)23-24(18(16)22-19(14)25)15-9-7-6-8-10-15/h6-11,13,21H,12H2,1-5H3,(H,22,25). The predicted octanol–water partition coefficient (Wildman–Crippen LogP) is 3.51. The number of hydrogen-bond acceptors (Lipinski definition) is 3. The lowest BCUT2D eigenvalue weighted by molar-refractivity contribution is 0.564. The Kier molecular flexibility index (Phi) is 4.52. The maximum Gasteiger partial charge on any atom is 0.254 e. The summed E-state index contributed by atoms with van der Waals surface area (Å²) in [5.74, 6) is 0. The summed E-state index contributed by atoms with van der Waals surface area (Å²) in [6, 6.07) is 12.2. The Morgan fingerprint density at radius 3 is 2.48 bits per heavy atom. The van der Waals surface area contributed by atoms with Crippen molar-refractivity contribution >= 4 is 11.0 Å². The molecule has 0 radical (unpaired) electrons. The molecule has 0 unspecified atom stereocenters. The highest BCUT2D eigenvalue weighted by Crippen LogP contribution is 2.29. The highest BCUT2D eigenvalue weighted by molar-refractivity contribution is 5.81. The average Bonchev–Trinajstić information content (AvgIpc) is 2.92. The van der Waals surface area contributed by atoms with Gasteiger partial charge in [-0.1, -0.05) is 52.8 Å². The molecule has 0 aliphatic carbocycles. The lowest BCUT2D eigenvalue weighted by atomic mass is 9.90. The summed E-state index contributed by atoms with van der Waals surface area (Å²) in [7, 11) is 0. The van der Waals surface area contributed by atoms with Crippen molar-refractivity contribution in [1.29, 1.82) is 0 Å². The average molecular weight is 338 g/mol. The quantitative estimate of drug-likeness (QED) is 0.765. The molecule has 5 heteroatoms. The van der Waals surface area contributed by atoms with Crippen LogP contribution in [0.5, 0.6) is 0 Å². The lowest BCUT2D eigenvalue weighted by Gasteiger charge is -2.15. The Labute approximate surface area is 148 Å². The number of nitrogens with zero attached hydrogens (tertiary/aromatic N) is 2. The summed E-state index contributed by atoms with van der Waals surface area (Å²) >= 11 is 0. The van der Waals surface area contributed by atoms with Crippen molar-refractivity contribution < 1.29 is 0 Å². The van der Waals surface area contributed by atoms with E-state index in [1.54, 1.807) is 0 Å². The maximum absolute atomic E-state index is 12.6. The first-order valence-corrected chi connectivity index (χ1v) is 8.71. The normalized spacial score (nSPS) is 12.2. The molecule has 25 heavy (non-hydrogen) atoms. The Hall–Kier alpha value is -2.40. The largest absolute Gasteiger partial charge is 0.310 e. The Morgan fingerprint density at radius 1 is 1.20 bits per heavy atom. The number of aromatic amines is 1. The van der Waals surface area contributed by atoms with Crippen molar-refractivity contribution in [3.05, 3.63) is 58.0 Å². The van der Waals surface area contributed by atoms with Crippen molar-refractivity contribution in [2.45, 2.75) is 52.6 Å². The third-order valence-electron chi connectivity index (χ3n) is 4.18. The van der Waals surface area contributed by atoms with Gasteiger partial charge in [0.25, 0.3) is 5.56 Å². The molecule has 1 aromatic carbocycles. The summed E-state index contributed by atoms with van der Waals surface area (Å²) < 4.78 is 1.83. The summed E-state index contributed by atoms with van der Waals surface area (Å²) in [5, 5.41) is 9.15. The highest BCUT2D eigenvalue weighted by Gasteiger charge is 2.24.